The molecule has 0 saturated heterocycles. The van der Waals surface area contributed by atoms with Gasteiger partial charge in [-0.1, -0.05) is 103 Å². The van der Waals surface area contributed by atoms with Gasteiger partial charge in [0.2, 0.25) is 0 Å². The number of H-pyrrole nitrogens is 2. The Labute approximate surface area is 244 Å². The number of esters is 1. The third kappa shape index (κ3) is 7.37. The molecule has 0 atom stereocenters. The van der Waals surface area contributed by atoms with Crippen molar-refractivity contribution in [2.24, 2.45) is 0 Å². The molecule has 1 amide bonds. The second-order valence-corrected chi connectivity index (χ2v) is 12.7. The smallest absolute Gasteiger partial charge is 0.356 e. The quantitative estimate of drug-likeness (QED) is 0.162. The minimum Gasteiger partial charge on any atom is -0.439 e. The molecule has 2 aromatic heterocycles. The third-order valence-electron chi connectivity index (χ3n) is 7.37. The topological polar surface area (TPSA) is 78.2 Å². The second kappa shape index (κ2) is 12.2. The maximum absolute atomic E-state index is 13.4. The number of aromatic nitrogens is 2. The van der Waals surface area contributed by atoms with E-state index in [-0.39, 0.29) is 23.5 Å². The van der Waals surface area contributed by atoms with E-state index in [2.05, 4.69) is 107 Å². The van der Waals surface area contributed by atoms with Gasteiger partial charge in [-0.3, -0.25) is 4.79 Å². The summed E-state index contributed by atoms with van der Waals surface area (Å²) < 4.78 is 5.60. The van der Waals surface area contributed by atoms with Crippen molar-refractivity contribution in [3.05, 3.63) is 95.3 Å². The summed E-state index contributed by atoms with van der Waals surface area (Å²) in [6.07, 6.45) is 1.73. The predicted octanol–water partition coefficient (Wildman–Crippen LogP) is 8.33. The van der Waals surface area contributed by atoms with Gasteiger partial charge in [-0.2, -0.15) is 0 Å². The van der Waals surface area contributed by atoms with Crippen molar-refractivity contribution in [2.45, 2.75) is 72.1 Å². The van der Waals surface area contributed by atoms with Gasteiger partial charge in [0.25, 0.3) is 5.91 Å². The van der Waals surface area contributed by atoms with Gasteiger partial charge in [-0.25, -0.2) is 4.79 Å². The summed E-state index contributed by atoms with van der Waals surface area (Å²) in [7, 11) is 0. The van der Waals surface area contributed by atoms with Crippen LogP contribution in [-0.2, 0) is 15.6 Å². The van der Waals surface area contributed by atoms with Crippen molar-refractivity contribution in [1.29, 1.82) is 0 Å². The maximum Gasteiger partial charge on any atom is 0.356 e. The van der Waals surface area contributed by atoms with Crippen LogP contribution in [0.3, 0.4) is 0 Å². The molecule has 2 aromatic carbocycles. The number of ether oxygens (including phenoxy) is 1. The largest absolute Gasteiger partial charge is 0.439 e. The first-order chi connectivity index (χ1) is 19.4. The normalized spacial score (nSPS) is 11.9. The lowest BCUT2D eigenvalue weighted by Gasteiger charge is -2.21. The van der Waals surface area contributed by atoms with Crippen LogP contribution in [0.25, 0.3) is 22.5 Å². The number of nitrogens with zero attached hydrogens (tertiary/aromatic N) is 1. The van der Waals surface area contributed by atoms with Crippen molar-refractivity contribution < 1.29 is 14.3 Å². The second-order valence-electron chi connectivity index (χ2n) is 12.7. The van der Waals surface area contributed by atoms with Crippen LogP contribution in [0.5, 0.6) is 0 Å². The molecule has 0 bridgehead atoms. The Morgan fingerprint density at radius 2 is 1.15 bits per heavy atom. The van der Waals surface area contributed by atoms with E-state index < -0.39 is 5.97 Å². The van der Waals surface area contributed by atoms with Gasteiger partial charge in [0.05, 0.1) is 0 Å². The summed E-state index contributed by atoms with van der Waals surface area (Å²) in [5.41, 5.74) is 7.18. The van der Waals surface area contributed by atoms with Gasteiger partial charge in [-0.15, -0.1) is 0 Å². The molecule has 0 unspecified atom stereocenters. The molecule has 0 aliphatic rings. The van der Waals surface area contributed by atoms with E-state index in [4.69, 9.17) is 4.74 Å². The highest BCUT2D eigenvalue weighted by Gasteiger charge is 2.21. The molecule has 2 heterocycles. The Hall–Kier alpha value is -4.06. The number of carbonyl (C=O) groups excluding carboxylic acids is 2. The van der Waals surface area contributed by atoms with Gasteiger partial charge in [0, 0.05) is 17.9 Å². The van der Waals surface area contributed by atoms with Gasteiger partial charge >= 0.3 is 5.97 Å². The summed E-state index contributed by atoms with van der Waals surface area (Å²) in [6, 6.07) is 24.0. The summed E-state index contributed by atoms with van der Waals surface area (Å²) in [5, 5.41) is 0. The van der Waals surface area contributed by atoms with E-state index in [1.54, 1.807) is 17.0 Å². The molecule has 6 nitrogen and oxygen atoms in total. The van der Waals surface area contributed by atoms with E-state index in [1.807, 2.05) is 12.1 Å². The Morgan fingerprint density at radius 1 is 0.683 bits per heavy atom. The average molecular weight is 554 g/mol. The number of amides is 1. The molecule has 0 aliphatic carbocycles. The fraction of sp³-hybridized carbons (Fsp3) is 0.371. The predicted molar refractivity (Wildman–Crippen MR) is 166 cm³/mol. The zero-order valence-electron chi connectivity index (χ0n) is 25.4. The number of rotatable bonds is 9. The molecule has 216 valence electrons. The Balaban J connectivity index is 1.42. The Morgan fingerprint density at radius 3 is 1.61 bits per heavy atom. The van der Waals surface area contributed by atoms with Crippen LogP contribution in [0.15, 0.2) is 72.8 Å². The van der Waals surface area contributed by atoms with Crippen LogP contribution in [-0.4, -0.2) is 40.0 Å². The summed E-state index contributed by atoms with van der Waals surface area (Å²) in [6.45, 7) is 15.5. The molecule has 4 rings (SSSR count). The SMILES string of the molecule is CCCCN(COC(=O)c1ccc(-c2ccc(C(C)(C)C)cc2)[nH]1)C(=O)c1ccc(-c2ccc(C(C)(C)C)cc2)[nH]1. The van der Waals surface area contributed by atoms with E-state index >= 15 is 0 Å². The molecule has 6 heteroatoms. The van der Waals surface area contributed by atoms with E-state index in [0.29, 0.717) is 17.9 Å². The molecule has 4 aromatic rings. The van der Waals surface area contributed by atoms with Crippen molar-refractivity contribution in [1.82, 2.24) is 14.9 Å². The lowest BCUT2D eigenvalue weighted by Crippen LogP contribution is -2.35. The van der Waals surface area contributed by atoms with Crippen LogP contribution < -0.4 is 0 Å². The highest BCUT2D eigenvalue weighted by atomic mass is 16.5. The van der Waals surface area contributed by atoms with Gasteiger partial charge < -0.3 is 19.6 Å². The minimum absolute atomic E-state index is 0.0731. The lowest BCUT2D eigenvalue weighted by molar-refractivity contribution is 0.0200. The third-order valence-corrected chi connectivity index (χ3v) is 7.37. The highest BCUT2D eigenvalue weighted by molar-refractivity contribution is 5.94. The van der Waals surface area contributed by atoms with Crippen molar-refractivity contribution in [2.75, 3.05) is 13.3 Å². The fourth-order valence-corrected chi connectivity index (χ4v) is 4.63. The first kappa shape index (κ1) is 29.9. The number of aromatic amines is 2. The lowest BCUT2D eigenvalue weighted by atomic mass is 9.86. The maximum atomic E-state index is 13.4. The molecule has 41 heavy (non-hydrogen) atoms. The molecule has 0 saturated carbocycles. The highest BCUT2D eigenvalue weighted by Crippen LogP contribution is 2.27. The van der Waals surface area contributed by atoms with Crippen LogP contribution in [0, 0.1) is 0 Å². The first-order valence-electron chi connectivity index (χ1n) is 14.4. The molecular formula is C35H43N3O3. The van der Waals surface area contributed by atoms with Gasteiger partial charge in [0.1, 0.15) is 11.4 Å². The molecule has 0 fully saturated rings. The zero-order valence-corrected chi connectivity index (χ0v) is 25.4. The van der Waals surface area contributed by atoms with E-state index in [1.165, 1.54) is 11.1 Å². The molecule has 2 N–H and O–H groups in total. The van der Waals surface area contributed by atoms with E-state index in [9.17, 15) is 9.59 Å². The molecule has 0 aliphatic heterocycles. The van der Waals surface area contributed by atoms with Crippen LogP contribution in [0.1, 0.15) is 93.4 Å². The number of benzene rings is 2. The fourth-order valence-electron chi connectivity index (χ4n) is 4.63. The first-order valence-corrected chi connectivity index (χ1v) is 14.4. The minimum atomic E-state index is -0.497. The monoisotopic (exact) mass is 553 g/mol. The van der Waals surface area contributed by atoms with Crippen LogP contribution in [0.2, 0.25) is 0 Å². The summed E-state index contributed by atoms with van der Waals surface area (Å²) in [4.78, 5) is 34.3. The standard InChI is InChI=1S/C35H43N3O3/c1-8-9-22-38(32(39)30-20-18-28(36-30)24-10-14-26(15-11-24)34(2,3)4)23-41-33(40)31-21-19-29(37-31)25-12-16-27(17-13-25)35(5,6)7/h10-21,36-37H,8-9,22-23H2,1-7H3. The van der Waals surface area contributed by atoms with Gasteiger partial charge in [0.15, 0.2) is 6.73 Å². The summed E-state index contributed by atoms with van der Waals surface area (Å²) >= 11 is 0. The van der Waals surface area contributed by atoms with Crippen molar-refractivity contribution in [3.8, 4) is 22.5 Å². The van der Waals surface area contributed by atoms with Crippen LogP contribution >= 0.6 is 0 Å². The Kier molecular flexibility index (Phi) is 8.91. The molecule has 0 spiro atoms. The summed E-state index contributed by atoms with van der Waals surface area (Å²) in [5.74, 6) is -0.696. The molecular weight excluding hydrogens is 510 g/mol. The number of carbonyl (C=O) groups is 2. The zero-order chi connectivity index (χ0) is 29.8. The van der Waals surface area contributed by atoms with Crippen molar-refractivity contribution in [3.63, 3.8) is 0 Å². The van der Waals surface area contributed by atoms with Gasteiger partial charge in [-0.05, 0) is 63.8 Å². The number of hydrogen-bond acceptors (Lipinski definition) is 3. The van der Waals surface area contributed by atoms with E-state index in [0.717, 1.165) is 35.4 Å². The average Bonchev–Trinajstić information content (AvgIpc) is 3.63. The molecule has 0 radical (unpaired) electrons. The number of hydrogen-bond donors (Lipinski definition) is 2. The Bertz CT molecular complexity index is 1460. The number of unbranched alkanes of at least 4 members (excludes halogenated alkanes) is 1. The number of nitrogens with one attached hydrogen (secondary N) is 2. The van der Waals surface area contributed by atoms with Crippen molar-refractivity contribution >= 4 is 11.9 Å². The van der Waals surface area contributed by atoms with Crippen LogP contribution in [0.4, 0.5) is 0 Å².